The van der Waals surface area contributed by atoms with Gasteiger partial charge in [-0.3, -0.25) is 0 Å². The second kappa shape index (κ2) is 5.69. The Morgan fingerprint density at radius 3 is 2.67 bits per heavy atom. The molecule has 0 heterocycles. The highest BCUT2D eigenvalue weighted by Gasteiger charge is 2.05. The number of carboxylic acid groups (broad SMARTS) is 1. The topological polar surface area (TPSA) is 37.3 Å². The van der Waals surface area contributed by atoms with E-state index in [1.807, 2.05) is 6.07 Å². The van der Waals surface area contributed by atoms with Crippen LogP contribution in [0.3, 0.4) is 0 Å². The van der Waals surface area contributed by atoms with Gasteiger partial charge in [0.05, 0.1) is 5.56 Å². The smallest absolute Gasteiger partial charge is 0.335 e. The highest BCUT2D eigenvalue weighted by molar-refractivity contribution is 7.98. The predicted molar refractivity (Wildman–Crippen MR) is 69.4 cm³/mol. The molecule has 4 heteroatoms. The maximum Gasteiger partial charge on any atom is 0.335 e. The summed E-state index contributed by atoms with van der Waals surface area (Å²) in [4.78, 5) is 11.4. The van der Waals surface area contributed by atoms with Crippen molar-refractivity contribution in [2.45, 2.75) is 10.6 Å². The summed E-state index contributed by atoms with van der Waals surface area (Å²) in [5.74, 6) is -0.660. The number of halogens is 1. The van der Waals surface area contributed by atoms with Crippen LogP contribution in [-0.4, -0.2) is 11.1 Å². The van der Waals surface area contributed by atoms with Crippen molar-refractivity contribution < 1.29 is 14.3 Å². The number of carboxylic acids is 1. The van der Waals surface area contributed by atoms with Crippen molar-refractivity contribution in [3.8, 4) is 0 Å². The number of rotatable bonds is 4. The van der Waals surface area contributed by atoms with Crippen molar-refractivity contribution >= 4 is 17.7 Å². The number of hydrogen-bond donors (Lipinski definition) is 1. The molecule has 2 aromatic carbocycles. The summed E-state index contributed by atoms with van der Waals surface area (Å²) in [5.41, 5.74) is 1.12. The molecular weight excluding hydrogens is 251 g/mol. The van der Waals surface area contributed by atoms with E-state index in [-0.39, 0.29) is 11.4 Å². The Labute approximate surface area is 108 Å². The minimum Gasteiger partial charge on any atom is -0.478 e. The Morgan fingerprint density at radius 2 is 1.94 bits per heavy atom. The third-order valence-corrected chi connectivity index (χ3v) is 3.52. The zero-order valence-corrected chi connectivity index (χ0v) is 10.3. The molecule has 2 nitrogen and oxygen atoms in total. The number of thioether (sulfide) groups is 1. The summed E-state index contributed by atoms with van der Waals surface area (Å²) in [6, 6.07) is 13.2. The predicted octanol–water partition coefficient (Wildman–Crippen LogP) is 3.82. The largest absolute Gasteiger partial charge is 0.478 e. The molecule has 0 aliphatic heterocycles. The molecule has 0 spiro atoms. The van der Waals surface area contributed by atoms with E-state index in [1.54, 1.807) is 36.4 Å². The molecule has 0 radical (unpaired) electrons. The first-order valence-electron chi connectivity index (χ1n) is 5.36. The first-order chi connectivity index (χ1) is 8.66. The molecule has 0 aliphatic carbocycles. The molecule has 18 heavy (non-hydrogen) atoms. The van der Waals surface area contributed by atoms with Crippen LogP contribution in [0.15, 0.2) is 53.4 Å². The fourth-order valence-electron chi connectivity index (χ4n) is 1.52. The first kappa shape index (κ1) is 12.6. The van der Waals surface area contributed by atoms with Gasteiger partial charge in [0.1, 0.15) is 5.82 Å². The quantitative estimate of drug-likeness (QED) is 0.851. The average molecular weight is 262 g/mol. The minimum absolute atomic E-state index is 0.252. The Morgan fingerprint density at radius 1 is 1.17 bits per heavy atom. The van der Waals surface area contributed by atoms with Crippen molar-refractivity contribution in [3.63, 3.8) is 0 Å². The zero-order valence-electron chi connectivity index (χ0n) is 9.47. The lowest BCUT2D eigenvalue weighted by Gasteiger charge is -2.04. The molecule has 0 aliphatic rings. The van der Waals surface area contributed by atoms with Crippen LogP contribution < -0.4 is 0 Å². The summed E-state index contributed by atoms with van der Waals surface area (Å²) in [7, 11) is 0. The highest BCUT2D eigenvalue weighted by atomic mass is 32.2. The molecule has 2 aromatic rings. The minimum atomic E-state index is -0.951. The van der Waals surface area contributed by atoms with Crippen LogP contribution in [0.5, 0.6) is 0 Å². The van der Waals surface area contributed by atoms with Gasteiger partial charge in [0.2, 0.25) is 0 Å². The van der Waals surface area contributed by atoms with Gasteiger partial charge in [-0.1, -0.05) is 24.3 Å². The molecule has 0 aromatic heterocycles. The molecule has 92 valence electrons. The third-order valence-electron chi connectivity index (χ3n) is 2.40. The van der Waals surface area contributed by atoms with Gasteiger partial charge < -0.3 is 5.11 Å². The standard InChI is InChI=1S/C14H11FO2S/c15-12-6-1-2-7-13(12)18-9-10-4-3-5-11(8-10)14(16)17/h1-8H,9H2,(H,16,17). The first-order valence-corrected chi connectivity index (χ1v) is 6.35. The zero-order chi connectivity index (χ0) is 13.0. The molecule has 0 atom stereocenters. The van der Waals surface area contributed by atoms with E-state index in [9.17, 15) is 9.18 Å². The molecule has 0 unspecified atom stereocenters. The molecule has 1 N–H and O–H groups in total. The Balaban J connectivity index is 2.09. The summed E-state index contributed by atoms with van der Waals surface area (Å²) in [6.07, 6.45) is 0. The van der Waals surface area contributed by atoms with Crippen LogP contribution in [0.2, 0.25) is 0 Å². The van der Waals surface area contributed by atoms with Crippen LogP contribution in [0.25, 0.3) is 0 Å². The van der Waals surface area contributed by atoms with Crippen LogP contribution in [-0.2, 0) is 5.75 Å². The Hall–Kier alpha value is -1.81. The SMILES string of the molecule is O=C(O)c1cccc(CSc2ccccc2F)c1. The van der Waals surface area contributed by atoms with Gasteiger partial charge >= 0.3 is 5.97 Å². The van der Waals surface area contributed by atoms with Gasteiger partial charge in [-0.25, -0.2) is 9.18 Å². The van der Waals surface area contributed by atoms with Crippen LogP contribution in [0.1, 0.15) is 15.9 Å². The van der Waals surface area contributed by atoms with Crippen molar-refractivity contribution in [1.29, 1.82) is 0 Å². The summed E-state index contributed by atoms with van der Waals surface area (Å²) in [6.45, 7) is 0. The second-order valence-electron chi connectivity index (χ2n) is 3.72. The molecule has 0 amide bonds. The van der Waals surface area contributed by atoms with Gasteiger partial charge in [0.25, 0.3) is 0 Å². The molecule has 0 saturated carbocycles. The van der Waals surface area contributed by atoms with Gasteiger partial charge in [-0.2, -0.15) is 0 Å². The highest BCUT2D eigenvalue weighted by Crippen LogP contribution is 2.25. The number of benzene rings is 2. The molecular formula is C14H11FO2S. The van der Waals surface area contributed by atoms with E-state index in [1.165, 1.54) is 17.8 Å². The fourth-order valence-corrected chi connectivity index (χ4v) is 2.40. The van der Waals surface area contributed by atoms with E-state index in [0.29, 0.717) is 10.6 Å². The van der Waals surface area contributed by atoms with E-state index < -0.39 is 5.97 Å². The number of hydrogen-bond acceptors (Lipinski definition) is 2. The van der Waals surface area contributed by atoms with Crippen molar-refractivity contribution in [3.05, 3.63) is 65.5 Å². The van der Waals surface area contributed by atoms with Crippen molar-refractivity contribution in [2.24, 2.45) is 0 Å². The second-order valence-corrected chi connectivity index (χ2v) is 4.74. The summed E-state index contributed by atoms with van der Waals surface area (Å²) in [5, 5.41) is 8.87. The summed E-state index contributed by atoms with van der Waals surface area (Å²) < 4.78 is 13.4. The van der Waals surface area contributed by atoms with Crippen LogP contribution in [0, 0.1) is 5.82 Å². The molecule has 0 fully saturated rings. The van der Waals surface area contributed by atoms with Crippen molar-refractivity contribution in [2.75, 3.05) is 0 Å². The van der Waals surface area contributed by atoms with E-state index in [4.69, 9.17) is 5.11 Å². The lowest BCUT2D eigenvalue weighted by Crippen LogP contribution is -1.96. The molecule has 2 rings (SSSR count). The lowest BCUT2D eigenvalue weighted by molar-refractivity contribution is 0.0697. The lowest BCUT2D eigenvalue weighted by atomic mass is 10.1. The van der Waals surface area contributed by atoms with Crippen molar-refractivity contribution in [1.82, 2.24) is 0 Å². The van der Waals surface area contributed by atoms with E-state index in [0.717, 1.165) is 5.56 Å². The van der Waals surface area contributed by atoms with Crippen LogP contribution in [0.4, 0.5) is 4.39 Å². The van der Waals surface area contributed by atoms with Gasteiger partial charge in [-0.05, 0) is 29.8 Å². The summed E-state index contributed by atoms with van der Waals surface area (Å²) >= 11 is 1.35. The van der Waals surface area contributed by atoms with Gasteiger partial charge in [0, 0.05) is 10.6 Å². The third kappa shape index (κ3) is 3.11. The van der Waals surface area contributed by atoms with Gasteiger partial charge in [0.15, 0.2) is 0 Å². The monoisotopic (exact) mass is 262 g/mol. The molecule has 0 bridgehead atoms. The number of aromatic carboxylic acids is 1. The Kier molecular flexibility index (Phi) is 3.99. The van der Waals surface area contributed by atoms with E-state index >= 15 is 0 Å². The maximum absolute atomic E-state index is 13.4. The van der Waals surface area contributed by atoms with Gasteiger partial charge in [-0.15, -0.1) is 11.8 Å². The Bertz CT molecular complexity index is 569. The average Bonchev–Trinajstić information content (AvgIpc) is 2.38. The van der Waals surface area contributed by atoms with Crippen LogP contribution >= 0.6 is 11.8 Å². The maximum atomic E-state index is 13.4. The fraction of sp³-hybridized carbons (Fsp3) is 0.0714. The number of carbonyl (C=O) groups is 1. The molecule has 0 saturated heterocycles. The normalized spacial score (nSPS) is 10.3. The van der Waals surface area contributed by atoms with E-state index in [2.05, 4.69) is 0 Å².